The first-order valence-electron chi connectivity index (χ1n) is 23.2. The van der Waals surface area contributed by atoms with E-state index in [1.807, 2.05) is 0 Å². The van der Waals surface area contributed by atoms with Gasteiger partial charge in [-0.15, -0.1) is 0 Å². The fourth-order valence-corrected chi connectivity index (χ4v) is 12.3. The van der Waals surface area contributed by atoms with Crippen LogP contribution >= 0.6 is 0 Å². The van der Waals surface area contributed by atoms with Crippen molar-refractivity contribution >= 4 is 33.2 Å². The minimum absolute atomic E-state index is 0.0333. The van der Waals surface area contributed by atoms with Gasteiger partial charge in [-0.2, -0.15) is 0 Å². The third-order valence-electron chi connectivity index (χ3n) is 15.2. The lowest BCUT2D eigenvalue weighted by molar-refractivity contribution is 0.660. The SMILES string of the molecule is CC1(C)c2ccccc2-c2cc(Nc3ccc4c5ccccc5n(-c5cccc6c5-c5ccccc5C65c6cc(-c7ccccc7)ccc6-c6ccc(-c7ccccc7)cc65)c4c3)ccc21. The topological polar surface area (TPSA) is 17.0 Å². The molecule has 1 aromatic heterocycles. The molecule has 0 atom stereocenters. The lowest BCUT2D eigenvalue weighted by Gasteiger charge is -2.31. The summed E-state index contributed by atoms with van der Waals surface area (Å²) >= 11 is 0. The van der Waals surface area contributed by atoms with E-state index in [4.69, 9.17) is 0 Å². The number of para-hydroxylation sites is 1. The predicted octanol–water partition coefficient (Wildman–Crippen LogP) is 16.5. The van der Waals surface area contributed by atoms with Crippen molar-refractivity contribution in [2.45, 2.75) is 24.7 Å². The fraction of sp³-hybridized carbons (Fsp3) is 0.0625. The van der Waals surface area contributed by atoms with Crippen LogP contribution in [0, 0.1) is 0 Å². The monoisotopic (exact) mass is 840 g/mol. The fourth-order valence-electron chi connectivity index (χ4n) is 12.3. The van der Waals surface area contributed by atoms with Gasteiger partial charge in [-0.3, -0.25) is 0 Å². The molecule has 0 bridgehead atoms. The lowest BCUT2D eigenvalue weighted by Crippen LogP contribution is -2.26. The molecular formula is C64H44N2. The van der Waals surface area contributed by atoms with Crippen LogP contribution in [-0.4, -0.2) is 4.57 Å². The van der Waals surface area contributed by atoms with Crippen molar-refractivity contribution in [3.05, 3.63) is 258 Å². The van der Waals surface area contributed by atoms with Gasteiger partial charge in [0, 0.05) is 33.1 Å². The van der Waals surface area contributed by atoms with E-state index in [-0.39, 0.29) is 5.41 Å². The maximum absolute atomic E-state index is 3.86. The van der Waals surface area contributed by atoms with E-state index >= 15 is 0 Å². The molecule has 0 saturated heterocycles. The van der Waals surface area contributed by atoms with Gasteiger partial charge in [0.1, 0.15) is 0 Å². The first-order chi connectivity index (χ1) is 32.5. The van der Waals surface area contributed by atoms with Crippen LogP contribution in [0.4, 0.5) is 11.4 Å². The summed E-state index contributed by atoms with van der Waals surface area (Å²) in [5.41, 5.74) is 25.9. The van der Waals surface area contributed by atoms with E-state index in [0.717, 1.165) is 11.4 Å². The van der Waals surface area contributed by atoms with Crippen molar-refractivity contribution < 1.29 is 0 Å². The molecule has 2 nitrogen and oxygen atoms in total. The van der Waals surface area contributed by atoms with Crippen molar-refractivity contribution in [1.29, 1.82) is 0 Å². The van der Waals surface area contributed by atoms with Gasteiger partial charge < -0.3 is 9.88 Å². The van der Waals surface area contributed by atoms with Crippen LogP contribution in [0.1, 0.15) is 47.2 Å². The highest BCUT2D eigenvalue weighted by Crippen LogP contribution is 2.64. The van der Waals surface area contributed by atoms with E-state index in [1.165, 1.54) is 117 Å². The van der Waals surface area contributed by atoms with Crippen LogP contribution in [-0.2, 0) is 10.8 Å². The normalized spacial score (nSPS) is 14.2. The molecule has 3 aliphatic carbocycles. The van der Waals surface area contributed by atoms with Gasteiger partial charge in [0.25, 0.3) is 0 Å². The van der Waals surface area contributed by atoms with Crippen LogP contribution in [0.2, 0.25) is 0 Å². The number of benzene rings is 10. The molecule has 310 valence electrons. The molecule has 0 saturated carbocycles. The molecule has 66 heavy (non-hydrogen) atoms. The van der Waals surface area contributed by atoms with Crippen LogP contribution in [0.25, 0.3) is 83.1 Å². The highest BCUT2D eigenvalue weighted by Gasteiger charge is 2.52. The average Bonchev–Trinajstić information content (AvgIpc) is 4.04. The Morgan fingerprint density at radius 1 is 0.333 bits per heavy atom. The molecule has 0 aliphatic heterocycles. The summed E-state index contributed by atoms with van der Waals surface area (Å²) in [7, 11) is 0. The summed E-state index contributed by atoms with van der Waals surface area (Å²) in [5.74, 6) is 0. The summed E-state index contributed by atoms with van der Waals surface area (Å²) < 4.78 is 2.53. The second-order valence-electron chi connectivity index (χ2n) is 18.9. The standard InChI is InChI=1S/C64H44N2/c1-63(2)53-23-12-9-20-46(53)52-38-44(31-35-54(52)63)65-45-30-34-50-49-21-11-14-26-59(49)66(61(50)39-45)60-27-15-25-56-62(60)51-22-10-13-24-55(51)64(56)57-36-42(40-16-5-3-6-17-40)28-32-47(57)48-33-29-43(37-58(48)64)41-18-7-4-8-19-41/h3-39,65H,1-2H3. The average molecular weight is 841 g/mol. The summed E-state index contributed by atoms with van der Waals surface area (Å²) in [4.78, 5) is 0. The molecule has 1 spiro atoms. The highest BCUT2D eigenvalue weighted by molar-refractivity contribution is 6.11. The van der Waals surface area contributed by atoms with Gasteiger partial charge in [0.05, 0.1) is 22.1 Å². The number of aromatic nitrogens is 1. The van der Waals surface area contributed by atoms with Crippen LogP contribution in [0.3, 0.4) is 0 Å². The van der Waals surface area contributed by atoms with E-state index in [1.54, 1.807) is 0 Å². The number of hydrogen-bond acceptors (Lipinski definition) is 1. The first kappa shape index (κ1) is 37.2. The van der Waals surface area contributed by atoms with Crippen LogP contribution < -0.4 is 5.32 Å². The zero-order chi connectivity index (χ0) is 43.7. The zero-order valence-corrected chi connectivity index (χ0v) is 36.8. The summed E-state index contributed by atoms with van der Waals surface area (Å²) in [6.07, 6.45) is 0. The molecule has 0 amide bonds. The molecule has 0 radical (unpaired) electrons. The number of fused-ring (bicyclic) bond motifs is 16. The van der Waals surface area contributed by atoms with Crippen molar-refractivity contribution in [2.24, 2.45) is 0 Å². The zero-order valence-electron chi connectivity index (χ0n) is 36.8. The largest absolute Gasteiger partial charge is 0.355 e. The Hall–Kier alpha value is -8.20. The molecule has 11 aromatic rings. The van der Waals surface area contributed by atoms with Crippen LogP contribution in [0.15, 0.2) is 224 Å². The van der Waals surface area contributed by atoms with Gasteiger partial charge in [-0.1, -0.05) is 190 Å². The Labute approximate surface area is 385 Å². The van der Waals surface area contributed by atoms with Crippen molar-refractivity contribution in [2.75, 3.05) is 5.32 Å². The van der Waals surface area contributed by atoms with Crippen molar-refractivity contribution in [3.8, 4) is 61.3 Å². The van der Waals surface area contributed by atoms with E-state index in [2.05, 4.69) is 248 Å². The second kappa shape index (κ2) is 13.7. The first-order valence-corrected chi connectivity index (χ1v) is 23.2. The molecule has 10 aromatic carbocycles. The molecule has 2 heteroatoms. The smallest absolute Gasteiger partial charge is 0.0726 e. The Morgan fingerprint density at radius 2 is 0.879 bits per heavy atom. The highest BCUT2D eigenvalue weighted by atomic mass is 15.0. The van der Waals surface area contributed by atoms with Gasteiger partial charge >= 0.3 is 0 Å². The molecule has 1 heterocycles. The van der Waals surface area contributed by atoms with Gasteiger partial charge in [-0.05, 0) is 132 Å². The minimum atomic E-state index is -0.547. The quantitative estimate of drug-likeness (QED) is 0.183. The minimum Gasteiger partial charge on any atom is -0.355 e. The third-order valence-corrected chi connectivity index (χ3v) is 15.2. The molecule has 0 fully saturated rings. The van der Waals surface area contributed by atoms with E-state index in [9.17, 15) is 0 Å². The van der Waals surface area contributed by atoms with Crippen molar-refractivity contribution in [1.82, 2.24) is 4.57 Å². The number of nitrogens with one attached hydrogen (secondary N) is 1. The van der Waals surface area contributed by atoms with Gasteiger partial charge in [0.15, 0.2) is 0 Å². The van der Waals surface area contributed by atoms with E-state index in [0.29, 0.717) is 0 Å². The van der Waals surface area contributed by atoms with Gasteiger partial charge in [0.2, 0.25) is 0 Å². The van der Waals surface area contributed by atoms with E-state index < -0.39 is 5.41 Å². The maximum atomic E-state index is 3.86. The van der Waals surface area contributed by atoms with Gasteiger partial charge in [-0.25, -0.2) is 0 Å². The summed E-state index contributed by atoms with van der Waals surface area (Å²) in [5, 5.41) is 6.33. The Kier molecular flexibility index (Phi) is 7.70. The molecule has 14 rings (SSSR count). The number of nitrogens with zero attached hydrogens (tertiary/aromatic N) is 1. The second-order valence-corrected chi connectivity index (χ2v) is 18.9. The summed E-state index contributed by atoms with van der Waals surface area (Å²) in [6, 6.07) is 83.9. The molecule has 1 N–H and O–H groups in total. The molecular weight excluding hydrogens is 797 g/mol. The lowest BCUT2D eigenvalue weighted by atomic mass is 9.70. The predicted molar refractivity (Wildman–Crippen MR) is 275 cm³/mol. The number of anilines is 2. The van der Waals surface area contributed by atoms with Crippen molar-refractivity contribution in [3.63, 3.8) is 0 Å². The van der Waals surface area contributed by atoms with Crippen LogP contribution in [0.5, 0.6) is 0 Å². The Morgan fingerprint density at radius 3 is 1.61 bits per heavy atom. The third kappa shape index (κ3) is 5.01. The maximum Gasteiger partial charge on any atom is 0.0726 e. The Bertz CT molecular complexity index is 3720. The number of rotatable bonds is 5. The molecule has 0 unspecified atom stereocenters. The molecule has 3 aliphatic rings. The number of hydrogen-bond donors (Lipinski definition) is 1. The summed E-state index contributed by atoms with van der Waals surface area (Å²) in [6.45, 7) is 4.68. The Balaban J connectivity index is 1.00.